The van der Waals surface area contributed by atoms with E-state index in [9.17, 15) is 9.90 Å². The zero-order chi connectivity index (χ0) is 16.4. The number of amides is 1. The first-order chi connectivity index (χ1) is 10.5. The number of anilines is 1. The van der Waals surface area contributed by atoms with Crippen LogP contribution in [0.2, 0.25) is 0 Å². The van der Waals surface area contributed by atoms with E-state index in [4.69, 9.17) is 0 Å². The van der Waals surface area contributed by atoms with Gasteiger partial charge in [0.05, 0.1) is 20.6 Å². The molecule has 1 N–H and O–H groups in total. The number of carbonyl (C=O) groups is 1. The van der Waals surface area contributed by atoms with E-state index in [2.05, 4.69) is 56.7 Å². The lowest BCUT2D eigenvalue weighted by Gasteiger charge is -2.28. The van der Waals surface area contributed by atoms with Gasteiger partial charge in [-0.2, -0.15) is 0 Å². The van der Waals surface area contributed by atoms with E-state index in [-0.39, 0.29) is 12.4 Å². The monoisotopic (exact) mass is 336 g/mol. The van der Waals surface area contributed by atoms with Crippen molar-refractivity contribution in [2.75, 3.05) is 26.0 Å². The van der Waals surface area contributed by atoms with Gasteiger partial charge in [-0.1, -0.05) is 43.3 Å². The molecule has 0 atom stereocenters. The van der Waals surface area contributed by atoms with Crippen LogP contribution >= 0.6 is 12.4 Å². The van der Waals surface area contributed by atoms with E-state index in [1.165, 1.54) is 18.7 Å². The fourth-order valence-corrected chi connectivity index (χ4v) is 2.16. The van der Waals surface area contributed by atoms with Crippen LogP contribution in [0.1, 0.15) is 13.3 Å². The van der Waals surface area contributed by atoms with Crippen molar-refractivity contribution in [1.82, 2.24) is 4.48 Å². The van der Waals surface area contributed by atoms with E-state index < -0.39 is 6.09 Å². The van der Waals surface area contributed by atoms with E-state index in [0.29, 0.717) is 5.69 Å². The summed E-state index contributed by atoms with van der Waals surface area (Å²) in [6.07, 6.45) is -0.0618. The number of quaternary nitrogens is 1. The third-order valence-electron chi connectivity index (χ3n) is 3.26. The molecule has 0 spiro atoms. The summed E-state index contributed by atoms with van der Waals surface area (Å²) in [7, 11) is 4.50. The molecular weight excluding hydrogens is 312 g/mol. The smallest absolute Gasteiger partial charge is 0.138 e. The topological polar surface area (TPSA) is 52.2 Å². The fourth-order valence-electron chi connectivity index (χ4n) is 2.16. The SMILES string of the molecule is CCC[N+](C)(C)c1ccccc1.Cl.O=C([O-])Nc1ccccc1. The van der Waals surface area contributed by atoms with Crippen LogP contribution < -0.4 is 14.9 Å². The number of para-hydroxylation sites is 2. The van der Waals surface area contributed by atoms with Gasteiger partial charge in [0, 0.05) is 5.69 Å². The number of halogens is 1. The van der Waals surface area contributed by atoms with E-state index in [1.807, 2.05) is 0 Å². The molecule has 2 aromatic carbocycles. The van der Waals surface area contributed by atoms with Gasteiger partial charge in [0.25, 0.3) is 0 Å². The Labute approximate surface area is 144 Å². The second-order valence-electron chi connectivity index (χ2n) is 5.52. The van der Waals surface area contributed by atoms with E-state index in [1.54, 1.807) is 30.3 Å². The Kier molecular flexibility index (Phi) is 9.70. The van der Waals surface area contributed by atoms with Crippen molar-refractivity contribution in [2.45, 2.75) is 13.3 Å². The highest BCUT2D eigenvalue weighted by Gasteiger charge is 2.15. The maximum absolute atomic E-state index is 9.95. The second-order valence-corrected chi connectivity index (χ2v) is 5.52. The standard InChI is InChI=1S/C11H18N.C7H7NO2.ClH/c1-4-10-12(2,3)11-8-6-5-7-9-11;9-7(10)8-6-4-2-1-3-5-6;/h5-9H,4,10H2,1-3H3;1-5,8H,(H,9,10);1H/q+1;;/p-1. The molecule has 23 heavy (non-hydrogen) atoms. The van der Waals surface area contributed by atoms with Crippen LogP contribution in [-0.2, 0) is 0 Å². The predicted octanol–water partition coefficient (Wildman–Crippen LogP) is 3.53. The lowest BCUT2D eigenvalue weighted by Crippen LogP contribution is -2.40. The van der Waals surface area contributed by atoms with Gasteiger partial charge >= 0.3 is 0 Å². The molecule has 0 saturated heterocycles. The van der Waals surface area contributed by atoms with Crippen LogP contribution in [0.3, 0.4) is 0 Å². The molecule has 0 radical (unpaired) electrons. The highest BCUT2D eigenvalue weighted by atomic mass is 35.5. The summed E-state index contributed by atoms with van der Waals surface area (Å²) in [5.41, 5.74) is 1.92. The largest absolute Gasteiger partial charge is 0.530 e. The van der Waals surface area contributed by atoms with Gasteiger partial charge in [0.1, 0.15) is 11.8 Å². The van der Waals surface area contributed by atoms with E-state index in [0.717, 1.165) is 4.48 Å². The third kappa shape index (κ3) is 8.24. The fraction of sp³-hybridized carbons (Fsp3) is 0.278. The average molecular weight is 337 g/mol. The zero-order valence-electron chi connectivity index (χ0n) is 13.9. The molecule has 4 nitrogen and oxygen atoms in total. The van der Waals surface area contributed by atoms with Crippen molar-refractivity contribution in [3.05, 3.63) is 60.7 Å². The molecule has 5 heteroatoms. The first-order valence-electron chi connectivity index (χ1n) is 7.37. The lowest BCUT2D eigenvalue weighted by atomic mass is 10.2. The number of rotatable bonds is 4. The van der Waals surface area contributed by atoms with Crippen molar-refractivity contribution in [1.29, 1.82) is 0 Å². The van der Waals surface area contributed by atoms with Gasteiger partial charge < -0.3 is 15.2 Å². The Bertz CT molecular complexity index is 560. The predicted molar refractivity (Wildman–Crippen MR) is 98.0 cm³/mol. The Balaban J connectivity index is 0.000000409. The molecule has 0 unspecified atom stereocenters. The van der Waals surface area contributed by atoms with Gasteiger partial charge in [-0.05, 0) is 30.7 Å². The Morgan fingerprint density at radius 2 is 1.48 bits per heavy atom. The van der Waals surface area contributed by atoms with Gasteiger partial charge in [-0.15, -0.1) is 12.4 Å². The Hall–Kier alpha value is -2.04. The molecule has 1 amide bonds. The molecule has 0 heterocycles. The molecule has 0 aliphatic carbocycles. The molecule has 0 bridgehead atoms. The summed E-state index contributed by atoms with van der Waals surface area (Å²) in [4.78, 5) is 9.95. The lowest BCUT2D eigenvalue weighted by molar-refractivity contribution is -0.242. The zero-order valence-corrected chi connectivity index (χ0v) is 14.7. The van der Waals surface area contributed by atoms with Crippen LogP contribution in [0, 0.1) is 0 Å². The van der Waals surface area contributed by atoms with Gasteiger partial charge in [0.2, 0.25) is 0 Å². The van der Waals surface area contributed by atoms with Crippen LogP contribution in [-0.4, -0.2) is 26.7 Å². The minimum Gasteiger partial charge on any atom is -0.530 e. The van der Waals surface area contributed by atoms with Crippen LogP contribution in [0.5, 0.6) is 0 Å². The third-order valence-corrected chi connectivity index (χ3v) is 3.26. The van der Waals surface area contributed by atoms with Gasteiger partial charge in [0.15, 0.2) is 0 Å². The minimum absolute atomic E-state index is 0. The summed E-state index contributed by atoms with van der Waals surface area (Å²) in [6.45, 7) is 3.42. The Morgan fingerprint density at radius 1 is 1.00 bits per heavy atom. The molecule has 0 fully saturated rings. The van der Waals surface area contributed by atoms with Gasteiger partial charge in [-0.3, -0.25) is 4.48 Å². The quantitative estimate of drug-likeness (QED) is 0.868. The first kappa shape index (κ1) is 21.0. The summed E-state index contributed by atoms with van der Waals surface area (Å²) in [5.74, 6) is 0. The number of carbonyl (C=O) groups excluding carboxylic acids is 1. The number of benzene rings is 2. The van der Waals surface area contributed by atoms with Crippen molar-refractivity contribution in [3.8, 4) is 0 Å². The van der Waals surface area contributed by atoms with E-state index >= 15 is 0 Å². The van der Waals surface area contributed by atoms with Gasteiger partial charge in [-0.25, -0.2) is 0 Å². The maximum Gasteiger partial charge on any atom is 0.138 e. The molecule has 126 valence electrons. The number of carboxylic acid groups (broad SMARTS) is 1. The number of nitrogens with zero attached hydrogens (tertiary/aromatic N) is 1. The molecule has 0 aromatic heterocycles. The van der Waals surface area contributed by atoms with Crippen molar-refractivity contribution in [2.24, 2.45) is 0 Å². The summed E-state index contributed by atoms with van der Waals surface area (Å²) >= 11 is 0. The molecule has 0 aliphatic heterocycles. The second kappa shape index (κ2) is 10.6. The number of nitrogens with one attached hydrogen (secondary N) is 1. The number of hydrogen-bond donors (Lipinski definition) is 1. The summed E-state index contributed by atoms with van der Waals surface area (Å²) in [5, 5.41) is 12.1. The molecule has 0 saturated carbocycles. The maximum atomic E-state index is 9.95. The van der Waals surface area contributed by atoms with Crippen molar-refractivity contribution in [3.63, 3.8) is 0 Å². The normalized spacial score (nSPS) is 9.87. The molecule has 2 aromatic rings. The molecule has 2 rings (SSSR count). The van der Waals surface area contributed by atoms with Crippen molar-refractivity contribution < 1.29 is 9.90 Å². The first-order valence-corrected chi connectivity index (χ1v) is 7.37. The Morgan fingerprint density at radius 3 is 1.91 bits per heavy atom. The molecule has 0 aliphatic rings. The summed E-state index contributed by atoms with van der Waals surface area (Å²) < 4.78 is 0.983. The average Bonchev–Trinajstić information content (AvgIpc) is 2.49. The van der Waals surface area contributed by atoms with Crippen LogP contribution in [0.4, 0.5) is 16.2 Å². The van der Waals surface area contributed by atoms with Crippen molar-refractivity contribution >= 4 is 29.9 Å². The van der Waals surface area contributed by atoms with Crippen LogP contribution in [0.25, 0.3) is 0 Å². The minimum atomic E-state index is -1.29. The van der Waals surface area contributed by atoms with Crippen LogP contribution in [0.15, 0.2) is 60.7 Å². The summed E-state index contributed by atoms with van der Waals surface area (Å²) in [6, 6.07) is 19.2. The molecular formula is C18H25ClN2O2. The highest BCUT2D eigenvalue weighted by molar-refractivity contribution is 5.85. The number of hydrogen-bond acceptors (Lipinski definition) is 2. The highest BCUT2D eigenvalue weighted by Crippen LogP contribution is 2.17.